The van der Waals surface area contributed by atoms with E-state index in [-0.39, 0.29) is 5.97 Å². The van der Waals surface area contributed by atoms with Crippen molar-refractivity contribution in [2.45, 2.75) is 32.2 Å². The van der Waals surface area contributed by atoms with E-state index in [0.29, 0.717) is 6.04 Å². The van der Waals surface area contributed by atoms with E-state index in [4.69, 9.17) is 0 Å². The molecule has 0 aromatic heterocycles. The number of carbonyl (C=O) groups excluding carboxylic acids is 1. The number of hydrogen-bond donors (Lipinski definition) is 1. The van der Waals surface area contributed by atoms with Gasteiger partial charge >= 0.3 is 5.97 Å². The number of carbonyl (C=O) groups is 1. The van der Waals surface area contributed by atoms with Gasteiger partial charge in [0.15, 0.2) is 0 Å². The van der Waals surface area contributed by atoms with Crippen molar-refractivity contribution in [3.05, 3.63) is 76.4 Å². The monoisotopic (exact) mass is 335 g/mol. The summed E-state index contributed by atoms with van der Waals surface area (Å²) in [6, 6.07) is 15.6. The van der Waals surface area contributed by atoms with Gasteiger partial charge in [0.2, 0.25) is 0 Å². The van der Waals surface area contributed by atoms with Gasteiger partial charge in [-0.1, -0.05) is 48.0 Å². The van der Waals surface area contributed by atoms with Gasteiger partial charge in [-0.3, -0.25) is 0 Å². The standard InChI is InChI=1S/C22H25NO2/c1-16-3-5-17(6-4-16)13-14-23-21-11-9-19-15-18(7-10-20(19)21)8-12-22(24)25-2/h3-8,10,12,15,21,23H,9,11,13-14H2,1-2H3/b12-8+. The van der Waals surface area contributed by atoms with Crippen molar-refractivity contribution in [2.75, 3.05) is 13.7 Å². The van der Waals surface area contributed by atoms with Gasteiger partial charge in [-0.15, -0.1) is 0 Å². The highest BCUT2D eigenvalue weighted by Gasteiger charge is 2.21. The molecule has 2 aromatic rings. The molecule has 3 nitrogen and oxygen atoms in total. The Hall–Kier alpha value is -2.39. The second-order valence-electron chi connectivity index (χ2n) is 6.60. The maximum Gasteiger partial charge on any atom is 0.330 e. The Morgan fingerprint density at radius 2 is 2.04 bits per heavy atom. The Morgan fingerprint density at radius 1 is 1.24 bits per heavy atom. The zero-order valence-electron chi connectivity index (χ0n) is 14.9. The minimum absolute atomic E-state index is 0.323. The van der Waals surface area contributed by atoms with Crippen LogP contribution in [0.1, 0.15) is 40.3 Å². The fourth-order valence-corrected chi connectivity index (χ4v) is 3.33. The molecule has 0 fully saturated rings. The summed E-state index contributed by atoms with van der Waals surface area (Å²) >= 11 is 0. The molecule has 0 amide bonds. The number of benzene rings is 2. The van der Waals surface area contributed by atoms with Crippen LogP contribution in [0.4, 0.5) is 0 Å². The Kier molecular flexibility index (Phi) is 5.67. The van der Waals surface area contributed by atoms with Crippen LogP contribution in [0.3, 0.4) is 0 Å². The van der Waals surface area contributed by atoms with Crippen molar-refractivity contribution in [3.63, 3.8) is 0 Å². The molecule has 3 heteroatoms. The summed E-state index contributed by atoms with van der Waals surface area (Å²) in [7, 11) is 1.39. The summed E-state index contributed by atoms with van der Waals surface area (Å²) in [5, 5.41) is 3.69. The number of rotatable bonds is 6. The lowest BCUT2D eigenvalue weighted by molar-refractivity contribution is -0.134. The van der Waals surface area contributed by atoms with E-state index in [1.165, 1.54) is 35.4 Å². The summed E-state index contributed by atoms with van der Waals surface area (Å²) in [6.07, 6.45) is 6.54. The zero-order valence-corrected chi connectivity index (χ0v) is 14.9. The van der Waals surface area contributed by atoms with Crippen LogP contribution in [0.15, 0.2) is 48.5 Å². The number of aryl methyl sites for hydroxylation is 2. The first-order valence-electron chi connectivity index (χ1n) is 8.83. The fourth-order valence-electron chi connectivity index (χ4n) is 3.33. The molecule has 25 heavy (non-hydrogen) atoms. The quantitative estimate of drug-likeness (QED) is 0.640. The van der Waals surface area contributed by atoms with Gasteiger partial charge in [0.25, 0.3) is 0 Å². The van der Waals surface area contributed by atoms with Crippen LogP contribution in [0.5, 0.6) is 0 Å². The molecule has 0 radical (unpaired) electrons. The molecule has 0 heterocycles. The molecular formula is C22H25NO2. The second-order valence-corrected chi connectivity index (χ2v) is 6.60. The van der Waals surface area contributed by atoms with Crippen LogP contribution in [-0.4, -0.2) is 19.6 Å². The predicted octanol–water partition coefficient (Wildman–Crippen LogP) is 4.00. The highest BCUT2D eigenvalue weighted by atomic mass is 16.5. The van der Waals surface area contributed by atoms with Crippen LogP contribution in [0.2, 0.25) is 0 Å². The molecule has 1 aliphatic rings. The largest absolute Gasteiger partial charge is 0.466 e. The zero-order chi connectivity index (χ0) is 17.6. The lowest BCUT2D eigenvalue weighted by atomic mass is 10.0. The minimum Gasteiger partial charge on any atom is -0.466 e. The van der Waals surface area contributed by atoms with E-state index in [2.05, 4.69) is 59.4 Å². The third-order valence-corrected chi connectivity index (χ3v) is 4.78. The SMILES string of the molecule is COC(=O)/C=C/c1ccc2c(c1)CCC2NCCc1ccc(C)cc1. The van der Waals surface area contributed by atoms with Gasteiger partial charge < -0.3 is 10.1 Å². The highest BCUT2D eigenvalue weighted by molar-refractivity contribution is 5.86. The Balaban J connectivity index is 1.57. The summed E-state index contributed by atoms with van der Waals surface area (Å²) in [4.78, 5) is 11.2. The molecule has 1 unspecified atom stereocenters. The fraction of sp³-hybridized carbons (Fsp3) is 0.318. The molecule has 2 aromatic carbocycles. The minimum atomic E-state index is -0.323. The van der Waals surface area contributed by atoms with Crippen molar-refractivity contribution < 1.29 is 9.53 Å². The molecule has 3 rings (SSSR count). The molecule has 0 spiro atoms. The van der Waals surface area contributed by atoms with Crippen LogP contribution >= 0.6 is 0 Å². The molecule has 0 bridgehead atoms. The average Bonchev–Trinajstić information content (AvgIpc) is 3.03. The van der Waals surface area contributed by atoms with Crippen LogP contribution in [0.25, 0.3) is 6.08 Å². The number of esters is 1. The van der Waals surface area contributed by atoms with Gasteiger partial charge in [0.05, 0.1) is 7.11 Å². The third-order valence-electron chi connectivity index (χ3n) is 4.78. The summed E-state index contributed by atoms with van der Waals surface area (Å²) in [5.74, 6) is -0.323. The Labute approximate surface area is 149 Å². The third kappa shape index (κ3) is 4.58. The molecule has 1 aliphatic carbocycles. The number of methoxy groups -OCH3 is 1. The van der Waals surface area contributed by atoms with E-state index >= 15 is 0 Å². The van der Waals surface area contributed by atoms with Gasteiger partial charge in [-0.05, 0) is 61.1 Å². The maximum atomic E-state index is 11.2. The number of nitrogens with one attached hydrogen (secondary N) is 1. The van der Waals surface area contributed by atoms with Crippen molar-refractivity contribution in [1.29, 1.82) is 0 Å². The highest BCUT2D eigenvalue weighted by Crippen LogP contribution is 2.32. The number of ether oxygens (including phenoxy) is 1. The van der Waals surface area contributed by atoms with E-state index in [1.807, 2.05) is 6.08 Å². The van der Waals surface area contributed by atoms with Gasteiger partial charge in [-0.2, -0.15) is 0 Å². The molecule has 0 saturated heterocycles. The predicted molar refractivity (Wildman–Crippen MR) is 101 cm³/mol. The Morgan fingerprint density at radius 3 is 2.80 bits per heavy atom. The van der Waals surface area contributed by atoms with E-state index in [0.717, 1.165) is 31.4 Å². The summed E-state index contributed by atoms with van der Waals surface area (Å²) in [5.41, 5.74) is 6.49. The molecule has 0 aliphatic heterocycles. The van der Waals surface area contributed by atoms with E-state index < -0.39 is 0 Å². The second kappa shape index (κ2) is 8.13. The van der Waals surface area contributed by atoms with Gasteiger partial charge in [0, 0.05) is 12.1 Å². The van der Waals surface area contributed by atoms with Crippen LogP contribution in [-0.2, 0) is 22.4 Å². The number of fused-ring (bicyclic) bond motifs is 1. The number of hydrogen-bond acceptors (Lipinski definition) is 3. The van der Waals surface area contributed by atoms with Crippen LogP contribution < -0.4 is 5.32 Å². The average molecular weight is 335 g/mol. The lowest BCUT2D eigenvalue weighted by Gasteiger charge is -2.14. The molecule has 130 valence electrons. The van der Waals surface area contributed by atoms with Gasteiger partial charge in [-0.25, -0.2) is 4.79 Å². The topological polar surface area (TPSA) is 38.3 Å². The van der Waals surface area contributed by atoms with Crippen molar-refractivity contribution in [2.24, 2.45) is 0 Å². The molecular weight excluding hydrogens is 310 g/mol. The maximum absolute atomic E-state index is 11.2. The first-order valence-corrected chi connectivity index (χ1v) is 8.83. The smallest absolute Gasteiger partial charge is 0.330 e. The van der Waals surface area contributed by atoms with Crippen molar-refractivity contribution in [3.8, 4) is 0 Å². The van der Waals surface area contributed by atoms with E-state index in [1.54, 1.807) is 0 Å². The normalized spacial score (nSPS) is 16.2. The van der Waals surface area contributed by atoms with Crippen LogP contribution in [0, 0.1) is 6.92 Å². The first-order chi connectivity index (χ1) is 12.2. The summed E-state index contributed by atoms with van der Waals surface area (Å²) in [6.45, 7) is 3.10. The van der Waals surface area contributed by atoms with Gasteiger partial charge in [0.1, 0.15) is 0 Å². The lowest BCUT2D eigenvalue weighted by Crippen LogP contribution is -2.21. The molecule has 1 atom stereocenters. The summed E-state index contributed by atoms with van der Waals surface area (Å²) < 4.78 is 4.63. The first kappa shape index (κ1) is 17.4. The van der Waals surface area contributed by atoms with E-state index in [9.17, 15) is 4.79 Å². The van der Waals surface area contributed by atoms with Crippen molar-refractivity contribution in [1.82, 2.24) is 5.32 Å². The molecule has 0 saturated carbocycles. The van der Waals surface area contributed by atoms with Crippen molar-refractivity contribution >= 4 is 12.0 Å². The Bertz CT molecular complexity index is 762. The molecule has 1 N–H and O–H groups in total.